The summed E-state index contributed by atoms with van der Waals surface area (Å²) >= 11 is 2.51. The summed E-state index contributed by atoms with van der Waals surface area (Å²) in [6.07, 6.45) is 9.94. The van der Waals surface area contributed by atoms with E-state index in [2.05, 4.69) is 29.5 Å². The van der Waals surface area contributed by atoms with Crippen LogP contribution in [0.5, 0.6) is 0 Å². The fraction of sp³-hybridized carbons (Fsp3) is 1.00. The first-order valence-corrected chi connectivity index (χ1v) is 7.50. The van der Waals surface area contributed by atoms with Crippen molar-refractivity contribution < 1.29 is 4.74 Å². The van der Waals surface area contributed by atoms with E-state index in [0.717, 1.165) is 5.92 Å². The Labute approximate surface area is 101 Å². The lowest BCUT2D eigenvalue weighted by Crippen LogP contribution is -2.34. The minimum atomic E-state index is 0.273. The van der Waals surface area contributed by atoms with Crippen molar-refractivity contribution in [2.24, 2.45) is 5.92 Å². The molecule has 2 heteroatoms. The van der Waals surface area contributed by atoms with E-state index < -0.39 is 0 Å². The number of hydrogen-bond acceptors (Lipinski definition) is 1. The van der Waals surface area contributed by atoms with Crippen LogP contribution in [0.3, 0.4) is 0 Å². The lowest BCUT2D eigenvalue weighted by Gasteiger charge is -2.31. The van der Waals surface area contributed by atoms with E-state index >= 15 is 0 Å². The molecular weight excluding hydrogens is 287 g/mol. The van der Waals surface area contributed by atoms with E-state index in [1.807, 2.05) is 0 Å². The van der Waals surface area contributed by atoms with Crippen LogP contribution in [0, 0.1) is 5.92 Å². The maximum atomic E-state index is 6.37. The van der Waals surface area contributed by atoms with Crippen molar-refractivity contribution in [1.29, 1.82) is 0 Å². The van der Waals surface area contributed by atoms with Gasteiger partial charge in [0.1, 0.15) is 0 Å². The summed E-state index contributed by atoms with van der Waals surface area (Å²) in [6, 6.07) is 0. The zero-order chi connectivity index (χ0) is 10.0. The van der Waals surface area contributed by atoms with Gasteiger partial charge >= 0.3 is 0 Å². The summed E-state index contributed by atoms with van der Waals surface area (Å²) in [7, 11) is 0. The maximum Gasteiger partial charge on any atom is 0.0775 e. The lowest BCUT2D eigenvalue weighted by molar-refractivity contribution is -0.0711. The Morgan fingerprint density at radius 2 is 2.00 bits per heavy atom. The van der Waals surface area contributed by atoms with Crippen LogP contribution in [-0.4, -0.2) is 16.1 Å². The van der Waals surface area contributed by atoms with Gasteiger partial charge in [0, 0.05) is 4.43 Å². The predicted molar refractivity (Wildman–Crippen MR) is 68.0 cm³/mol. The van der Waals surface area contributed by atoms with Gasteiger partial charge in [-0.25, -0.2) is 0 Å². The van der Waals surface area contributed by atoms with Crippen molar-refractivity contribution in [1.82, 2.24) is 0 Å². The molecule has 0 aromatic rings. The van der Waals surface area contributed by atoms with Crippen LogP contribution in [-0.2, 0) is 4.74 Å². The Bertz CT molecular complexity index is 187. The van der Waals surface area contributed by atoms with Gasteiger partial charge in [0.05, 0.1) is 11.7 Å². The van der Waals surface area contributed by atoms with Crippen molar-refractivity contribution in [3.8, 4) is 0 Å². The van der Waals surface area contributed by atoms with Crippen LogP contribution >= 0.6 is 22.6 Å². The molecule has 2 aliphatic carbocycles. The third-order valence-corrected chi connectivity index (χ3v) is 5.21. The van der Waals surface area contributed by atoms with Gasteiger partial charge < -0.3 is 4.74 Å². The quantitative estimate of drug-likeness (QED) is 0.567. The van der Waals surface area contributed by atoms with Crippen molar-refractivity contribution in [2.75, 3.05) is 4.43 Å². The highest BCUT2D eigenvalue weighted by atomic mass is 127. The minimum Gasteiger partial charge on any atom is -0.371 e. The molecule has 0 aromatic carbocycles. The second kappa shape index (κ2) is 4.69. The molecule has 2 fully saturated rings. The average Bonchev–Trinajstić information content (AvgIpc) is 2.77. The highest BCUT2D eigenvalue weighted by Gasteiger charge is 2.37. The Hall–Kier alpha value is 0.690. The summed E-state index contributed by atoms with van der Waals surface area (Å²) in [5.41, 5.74) is 0.273. The van der Waals surface area contributed by atoms with Crippen LogP contribution in [0.2, 0.25) is 0 Å². The fourth-order valence-electron chi connectivity index (χ4n) is 2.92. The van der Waals surface area contributed by atoms with Gasteiger partial charge in [-0.3, -0.25) is 0 Å². The van der Waals surface area contributed by atoms with Crippen LogP contribution in [0.25, 0.3) is 0 Å². The smallest absolute Gasteiger partial charge is 0.0775 e. The minimum absolute atomic E-state index is 0.273. The molecule has 0 saturated heterocycles. The number of ether oxygens (including phenoxy) is 1. The van der Waals surface area contributed by atoms with Crippen LogP contribution < -0.4 is 0 Å². The van der Waals surface area contributed by atoms with Gasteiger partial charge in [0.15, 0.2) is 0 Å². The van der Waals surface area contributed by atoms with Gasteiger partial charge in [-0.2, -0.15) is 0 Å². The number of rotatable bonds is 3. The van der Waals surface area contributed by atoms with Crippen molar-refractivity contribution in [3.63, 3.8) is 0 Å². The third kappa shape index (κ3) is 2.43. The standard InChI is InChI=1S/C12H21IO/c1-10-4-5-11(8-10)14-12(9-13)6-2-3-7-12/h10-11H,2-9H2,1H3. The normalized spacial score (nSPS) is 36.4. The van der Waals surface area contributed by atoms with Crippen molar-refractivity contribution >= 4 is 22.6 Å². The van der Waals surface area contributed by atoms with Gasteiger partial charge in [-0.1, -0.05) is 42.4 Å². The molecule has 2 aliphatic rings. The molecule has 2 saturated carbocycles. The van der Waals surface area contributed by atoms with Gasteiger partial charge in [0.2, 0.25) is 0 Å². The van der Waals surface area contributed by atoms with E-state index in [-0.39, 0.29) is 5.60 Å². The highest BCUT2D eigenvalue weighted by molar-refractivity contribution is 14.1. The molecule has 0 radical (unpaired) electrons. The van der Waals surface area contributed by atoms with Crippen molar-refractivity contribution in [3.05, 3.63) is 0 Å². The first-order chi connectivity index (χ1) is 6.74. The SMILES string of the molecule is CC1CCC(OC2(CI)CCCC2)C1. The topological polar surface area (TPSA) is 9.23 Å². The number of alkyl halides is 1. The van der Waals surface area contributed by atoms with Gasteiger partial charge in [-0.05, 0) is 38.0 Å². The summed E-state index contributed by atoms with van der Waals surface area (Å²) in [5.74, 6) is 0.896. The third-order valence-electron chi connectivity index (χ3n) is 3.82. The Balaban J connectivity index is 1.88. The number of hydrogen-bond donors (Lipinski definition) is 0. The fourth-order valence-corrected chi connectivity index (χ4v) is 3.86. The molecular formula is C12H21IO. The average molecular weight is 308 g/mol. The van der Waals surface area contributed by atoms with Crippen LogP contribution in [0.4, 0.5) is 0 Å². The van der Waals surface area contributed by atoms with E-state index in [0.29, 0.717) is 6.10 Å². The molecule has 0 spiro atoms. The molecule has 14 heavy (non-hydrogen) atoms. The van der Waals surface area contributed by atoms with Crippen LogP contribution in [0.15, 0.2) is 0 Å². The highest BCUT2D eigenvalue weighted by Crippen LogP contribution is 2.39. The molecule has 0 bridgehead atoms. The van der Waals surface area contributed by atoms with E-state index in [9.17, 15) is 0 Å². The molecule has 0 aliphatic heterocycles. The molecule has 0 aromatic heterocycles. The summed E-state index contributed by atoms with van der Waals surface area (Å²) < 4.78 is 7.56. The largest absolute Gasteiger partial charge is 0.371 e. The van der Waals surface area contributed by atoms with Gasteiger partial charge in [0.25, 0.3) is 0 Å². The molecule has 2 atom stereocenters. The lowest BCUT2D eigenvalue weighted by atomic mass is 10.0. The Morgan fingerprint density at radius 3 is 2.50 bits per heavy atom. The Kier molecular flexibility index (Phi) is 3.74. The summed E-state index contributed by atoms with van der Waals surface area (Å²) in [5, 5.41) is 0. The van der Waals surface area contributed by atoms with Crippen molar-refractivity contribution in [2.45, 2.75) is 63.6 Å². The first kappa shape index (κ1) is 11.2. The van der Waals surface area contributed by atoms with Crippen LogP contribution in [0.1, 0.15) is 51.9 Å². The Morgan fingerprint density at radius 1 is 1.29 bits per heavy atom. The second-order valence-electron chi connectivity index (χ2n) is 5.18. The van der Waals surface area contributed by atoms with E-state index in [1.165, 1.54) is 49.4 Å². The number of halogens is 1. The van der Waals surface area contributed by atoms with E-state index in [1.54, 1.807) is 0 Å². The van der Waals surface area contributed by atoms with E-state index in [4.69, 9.17) is 4.74 Å². The zero-order valence-electron chi connectivity index (χ0n) is 9.10. The zero-order valence-corrected chi connectivity index (χ0v) is 11.3. The molecule has 1 nitrogen and oxygen atoms in total. The summed E-state index contributed by atoms with van der Waals surface area (Å²) in [4.78, 5) is 0. The predicted octanol–water partition coefficient (Wildman–Crippen LogP) is 3.94. The van der Waals surface area contributed by atoms with Gasteiger partial charge in [-0.15, -0.1) is 0 Å². The first-order valence-electron chi connectivity index (χ1n) is 5.98. The molecule has 0 N–H and O–H groups in total. The molecule has 2 unspecified atom stereocenters. The monoisotopic (exact) mass is 308 g/mol. The molecule has 0 heterocycles. The molecule has 82 valence electrons. The molecule has 2 rings (SSSR count). The second-order valence-corrected chi connectivity index (χ2v) is 5.94. The maximum absolute atomic E-state index is 6.37. The summed E-state index contributed by atoms with van der Waals surface area (Å²) in [6.45, 7) is 2.36. The molecule has 0 amide bonds.